The molecule has 2 N–H and O–H groups in total. The average molecular weight is 485 g/mol. The molecule has 2 nitrogen and oxygen atoms in total. The van der Waals surface area contributed by atoms with Crippen LogP contribution >= 0.6 is 0 Å². The van der Waals surface area contributed by atoms with E-state index < -0.39 is 0 Å². The molecule has 0 aromatic heterocycles. The van der Waals surface area contributed by atoms with E-state index in [1.165, 1.54) is 49.7 Å². The van der Waals surface area contributed by atoms with Crippen LogP contribution in [0.2, 0.25) is 13.1 Å². The molecule has 28 heavy (non-hydrogen) atoms. The monoisotopic (exact) mass is 483 g/mol. The van der Waals surface area contributed by atoms with Crippen molar-refractivity contribution in [3.63, 3.8) is 0 Å². The molecule has 4 heteroatoms. The molecule has 0 spiro atoms. The van der Waals surface area contributed by atoms with Gasteiger partial charge >= 0.3 is 26.2 Å². The molecule has 0 saturated heterocycles. The molecule has 0 aliphatic heterocycles. The van der Waals surface area contributed by atoms with E-state index in [-0.39, 0.29) is 26.2 Å². The zero-order chi connectivity index (χ0) is 21.5. The summed E-state index contributed by atoms with van der Waals surface area (Å²) in [6, 6.07) is 0. The number of hydrogen-bond acceptors (Lipinski definition) is 2. The molecule has 2 rings (SSSR count). The second kappa shape index (κ2) is 29.2. The largest absolute Gasteiger partial charge is 2.00 e. The zero-order valence-electron chi connectivity index (χ0n) is 19.8. The van der Waals surface area contributed by atoms with Gasteiger partial charge in [0, 0.05) is 23.7 Å². The van der Waals surface area contributed by atoms with E-state index in [1.807, 2.05) is 0 Å². The number of allylic oxidation sites excluding steroid dienone is 8. The maximum Gasteiger partial charge on any atom is 2.00 e. The van der Waals surface area contributed by atoms with E-state index >= 15 is 0 Å². The number of unbranched alkanes of at least 4 members (excludes halogenated alkanes) is 2. The van der Waals surface area contributed by atoms with Crippen LogP contribution in [0.15, 0.2) is 34.4 Å². The summed E-state index contributed by atoms with van der Waals surface area (Å²) in [7, 11) is 2.75. The maximum atomic E-state index is 7.00. The van der Waals surface area contributed by atoms with Crippen LogP contribution in [0, 0.1) is 12.2 Å². The van der Waals surface area contributed by atoms with Gasteiger partial charge in [0.25, 0.3) is 0 Å². The third-order valence-corrected chi connectivity index (χ3v) is 3.73. The number of aliphatic hydroxyl groups excluding tert-OH is 2. The predicted molar refractivity (Wildman–Crippen MR) is 124 cm³/mol. The first-order valence-electron chi connectivity index (χ1n) is 10.2. The van der Waals surface area contributed by atoms with Crippen molar-refractivity contribution in [2.45, 2.75) is 92.2 Å². The van der Waals surface area contributed by atoms with Gasteiger partial charge in [-0.25, -0.2) is 23.3 Å². The second-order valence-corrected chi connectivity index (χ2v) is 7.62. The minimum atomic E-state index is 0. The Morgan fingerprint density at radius 1 is 0.786 bits per heavy atom. The summed E-state index contributed by atoms with van der Waals surface area (Å²) in [5.74, 6) is 0. The molecule has 0 fully saturated rings. The fourth-order valence-electron chi connectivity index (χ4n) is 2.45. The Bertz CT molecular complexity index is 398. The summed E-state index contributed by atoms with van der Waals surface area (Å²) in [5.41, 5.74) is 5.79. The van der Waals surface area contributed by atoms with Crippen molar-refractivity contribution in [2.24, 2.45) is 0 Å². The molecule has 0 heterocycles. The van der Waals surface area contributed by atoms with Crippen molar-refractivity contribution >= 4 is 9.52 Å². The van der Waals surface area contributed by atoms with Gasteiger partial charge in [0.05, 0.1) is 0 Å². The third-order valence-electron chi connectivity index (χ3n) is 3.73. The third kappa shape index (κ3) is 24.0. The Morgan fingerprint density at radius 3 is 1.25 bits per heavy atom. The van der Waals surface area contributed by atoms with Gasteiger partial charge in [-0.2, -0.15) is 11.1 Å². The summed E-state index contributed by atoms with van der Waals surface area (Å²) in [6.07, 6.45) is 21.2. The fourth-order valence-corrected chi connectivity index (χ4v) is 2.45. The summed E-state index contributed by atoms with van der Waals surface area (Å²) < 4.78 is 0. The molecule has 0 unspecified atom stereocenters. The van der Waals surface area contributed by atoms with Crippen molar-refractivity contribution in [2.75, 3.05) is 14.2 Å². The molecule has 0 bridgehead atoms. The summed E-state index contributed by atoms with van der Waals surface area (Å²) in [5, 5.41) is 14.0. The van der Waals surface area contributed by atoms with Crippen molar-refractivity contribution in [3.8, 4) is 0 Å². The van der Waals surface area contributed by atoms with Crippen LogP contribution in [0.5, 0.6) is 0 Å². The first-order chi connectivity index (χ1) is 13.1. The van der Waals surface area contributed by atoms with Gasteiger partial charge in [-0.3, -0.25) is 12.2 Å². The molecule has 2 aliphatic carbocycles. The van der Waals surface area contributed by atoms with Gasteiger partial charge in [0.15, 0.2) is 0 Å². The molecule has 0 amide bonds. The molecule has 0 aromatic rings. The van der Waals surface area contributed by atoms with Gasteiger partial charge in [0.2, 0.25) is 0 Å². The summed E-state index contributed by atoms with van der Waals surface area (Å²) in [6.45, 7) is 13.1. The Kier molecular flexibility index (Phi) is 36.9. The maximum absolute atomic E-state index is 7.00. The van der Waals surface area contributed by atoms with Gasteiger partial charge in [0.1, 0.15) is 0 Å². The molecular formula is C24H45O2SiZr. The average Bonchev–Trinajstić information content (AvgIpc) is 3.30. The van der Waals surface area contributed by atoms with E-state index in [0.29, 0.717) is 0 Å². The van der Waals surface area contributed by atoms with E-state index in [4.69, 9.17) is 10.2 Å². The normalized spacial score (nSPS) is 13.2. The minimum Gasteiger partial charge on any atom is -0.400 e. The van der Waals surface area contributed by atoms with Crippen LogP contribution in [0.1, 0.15) is 79.1 Å². The zero-order valence-corrected chi connectivity index (χ0v) is 23.4. The van der Waals surface area contributed by atoms with Crippen molar-refractivity contribution in [1.29, 1.82) is 0 Å². The van der Waals surface area contributed by atoms with Crippen LogP contribution in [-0.4, -0.2) is 34.0 Å². The fraction of sp³-hybridized carbons (Fsp3) is 0.667. The second-order valence-electron chi connectivity index (χ2n) is 6.46. The van der Waals surface area contributed by atoms with Crippen LogP contribution in [-0.2, 0) is 26.2 Å². The standard InChI is InChI=1S/2C10H15.C2H7Si.2CH4O.Zr/c2*1-3-4-5-10-7-6-9(2)8-10;1-3-2;2*1-2;/h2*8H,3-5,7H2,1-2H3;3H,1-2H3;2*2H,1H3;/q2*-1;;;;+2. The van der Waals surface area contributed by atoms with E-state index in [1.54, 1.807) is 11.1 Å². The summed E-state index contributed by atoms with van der Waals surface area (Å²) >= 11 is 0. The molecule has 161 valence electrons. The molecule has 0 atom stereocenters. The van der Waals surface area contributed by atoms with E-state index in [2.05, 4.69) is 65.1 Å². The number of aliphatic hydroxyl groups is 2. The Labute approximate surface area is 198 Å². The van der Waals surface area contributed by atoms with Crippen molar-refractivity contribution < 1.29 is 36.4 Å². The number of hydrogen-bond donors (Lipinski definition) is 2. The van der Waals surface area contributed by atoms with E-state index in [0.717, 1.165) is 36.6 Å². The Hall–Kier alpha value is -0.0200. The SMILES string of the molecule is CCCCC1=CC(C)=[C-]C1.CCCCC1=CC(C)=[C-]C1.CO.CO.C[SiH]C.[Zr+2]. The Morgan fingerprint density at radius 2 is 1.07 bits per heavy atom. The molecule has 0 aromatic carbocycles. The van der Waals surface area contributed by atoms with Crippen LogP contribution < -0.4 is 0 Å². The van der Waals surface area contributed by atoms with Crippen molar-refractivity contribution in [3.05, 3.63) is 46.6 Å². The van der Waals surface area contributed by atoms with Gasteiger partial charge in [-0.15, -0.1) is 12.8 Å². The number of rotatable bonds is 6. The van der Waals surface area contributed by atoms with Crippen LogP contribution in [0.3, 0.4) is 0 Å². The Balaban J connectivity index is -0.000000152. The molecule has 1 radical (unpaired) electrons. The molecule has 0 saturated carbocycles. The van der Waals surface area contributed by atoms with Gasteiger partial charge in [-0.05, 0) is 12.8 Å². The topological polar surface area (TPSA) is 40.5 Å². The van der Waals surface area contributed by atoms with E-state index in [9.17, 15) is 0 Å². The first-order valence-corrected chi connectivity index (χ1v) is 12.5. The molecular weight excluding hydrogens is 440 g/mol. The van der Waals surface area contributed by atoms with Gasteiger partial charge in [-0.1, -0.05) is 66.5 Å². The minimum absolute atomic E-state index is 0. The summed E-state index contributed by atoms with van der Waals surface area (Å²) in [4.78, 5) is 0. The smallest absolute Gasteiger partial charge is 0.400 e. The van der Waals surface area contributed by atoms with Gasteiger partial charge < -0.3 is 10.2 Å². The molecule has 2 aliphatic rings. The van der Waals surface area contributed by atoms with Crippen LogP contribution in [0.25, 0.3) is 0 Å². The van der Waals surface area contributed by atoms with Crippen molar-refractivity contribution in [1.82, 2.24) is 0 Å². The predicted octanol–water partition coefficient (Wildman–Crippen LogP) is 6.25. The quantitative estimate of drug-likeness (QED) is 0.346. The first kappa shape index (κ1) is 35.4. The van der Waals surface area contributed by atoms with Crippen LogP contribution in [0.4, 0.5) is 0 Å².